The van der Waals surface area contributed by atoms with Gasteiger partial charge in [0.05, 0.1) is 5.52 Å². The summed E-state index contributed by atoms with van der Waals surface area (Å²) in [6.45, 7) is 2.73. The van der Waals surface area contributed by atoms with Crippen LogP contribution in [0.25, 0.3) is 10.9 Å². The second-order valence-electron chi connectivity index (χ2n) is 4.12. The normalized spacial score (nSPS) is 11.2. The van der Waals surface area contributed by atoms with Crippen LogP contribution in [0.4, 0.5) is 0 Å². The van der Waals surface area contributed by atoms with Crippen LogP contribution in [0.3, 0.4) is 0 Å². The second kappa shape index (κ2) is 4.18. The van der Waals surface area contributed by atoms with Gasteiger partial charge in [-0.25, -0.2) is 0 Å². The van der Waals surface area contributed by atoms with Crippen molar-refractivity contribution in [2.24, 2.45) is 12.8 Å². The number of nitrogens with zero attached hydrogens (tertiary/aromatic N) is 1. The van der Waals surface area contributed by atoms with Crippen LogP contribution in [-0.4, -0.2) is 16.2 Å². The topological polar surface area (TPSA) is 51.2 Å². The lowest BCUT2D eigenvalue weighted by Crippen LogP contribution is -2.02. The molecule has 0 amide bonds. The van der Waals surface area contributed by atoms with Crippen molar-refractivity contribution >= 4 is 10.9 Å². The van der Waals surface area contributed by atoms with E-state index in [1.165, 1.54) is 5.56 Å². The highest BCUT2D eigenvalue weighted by Crippen LogP contribution is 2.32. The molecule has 0 saturated carbocycles. The highest BCUT2D eigenvalue weighted by atomic mass is 16.3. The molecule has 0 unspecified atom stereocenters. The highest BCUT2D eigenvalue weighted by Gasteiger charge is 2.12. The zero-order chi connectivity index (χ0) is 11.7. The Morgan fingerprint density at radius 1 is 1.31 bits per heavy atom. The minimum Gasteiger partial charge on any atom is -0.507 e. The first kappa shape index (κ1) is 11.0. The third kappa shape index (κ3) is 1.57. The Bertz CT molecular complexity index is 514. The molecular weight excluding hydrogens is 200 g/mol. The maximum atomic E-state index is 9.96. The number of phenolic OH excluding ortho intramolecular Hbond substituents is 1. The molecule has 0 fully saturated rings. The minimum absolute atomic E-state index is 0.358. The van der Waals surface area contributed by atoms with Gasteiger partial charge < -0.3 is 15.4 Å². The Morgan fingerprint density at radius 2 is 2.06 bits per heavy atom. The van der Waals surface area contributed by atoms with E-state index in [2.05, 4.69) is 17.7 Å². The van der Waals surface area contributed by atoms with Gasteiger partial charge in [0.25, 0.3) is 0 Å². The Kier molecular flexibility index (Phi) is 2.88. The van der Waals surface area contributed by atoms with E-state index < -0.39 is 0 Å². The molecule has 0 saturated heterocycles. The quantitative estimate of drug-likeness (QED) is 0.827. The summed E-state index contributed by atoms with van der Waals surface area (Å²) in [5.41, 5.74) is 9.12. The van der Waals surface area contributed by atoms with Crippen LogP contribution in [0.5, 0.6) is 5.75 Å². The molecule has 0 spiro atoms. The summed E-state index contributed by atoms with van der Waals surface area (Å²) < 4.78 is 2.08. The first-order valence-electron chi connectivity index (χ1n) is 5.67. The van der Waals surface area contributed by atoms with E-state index >= 15 is 0 Å². The van der Waals surface area contributed by atoms with Crippen LogP contribution in [0.1, 0.15) is 18.1 Å². The molecule has 0 aliphatic heterocycles. The van der Waals surface area contributed by atoms with Crippen molar-refractivity contribution in [3.63, 3.8) is 0 Å². The van der Waals surface area contributed by atoms with E-state index in [9.17, 15) is 5.11 Å². The van der Waals surface area contributed by atoms with E-state index in [1.54, 1.807) is 6.07 Å². The van der Waals surface area contributed by atoms with E-state index in [1.807, 2.05) is 13.1 Å². The third-order valence-electron chi connectivity index (χ3n) is 3.06. The second-order valence-corrected chi connectivity index (χ2v) is 4.12. The molecule has 0 aliphatic rings. The van der Waals surface area contributed by atoms with Gasteiger partial charge >= 0.3 is 0 Å². The molecule has 16 heavy (non-hydrogen) atoms. The van der Waals surface area contributed by atoms with Crippen molar-refractivity contribution in [2.75, 3.05) is 6.54 Å². The molecule has 1 heterocycles. The van der Waals surface area contributed by atoms with Crippen LogP contribution in [0.15, 0.2) is 18.3 Å². The van der Waals surface area contributed by atoms with E-state index in [0.717, 1.165) is 29.3 Å². The Balaban J connectivity index is 2.77. The number of fused-ring (bicyclic) bond motifs is 1. The van der Waals surface area contributed by atoms with E-state index in [4.69, 9.17) is 5.73 Å². The number of aromatic hydroxyl groups is 1. The van der Waals surface area contributed by atoms with Gasteiger partial charge in [-0.05, 0) is 36.6 Å². The van der Waals surface area contributed by atoms with Crippen LogP contribution in [0, 0.1) is 0 Å². The number of hydrogen-bond acceptors (Lipinski definition) is 2. The van der Waals surface area contributed by atoms with Gasteiger partial charge in [-0.2, -0.15) is 0 Å². The fraction of sp³-hybridized carbons (Fsp3) is 0.385. The van der Waals surface area contributed by atoms with E-state index in [0.29, 0.717) is 12.3 Å². The molecule has 1 aromatic carbocycles. The first-order chi connectivity index (χ1) is 7.69. The minimum atomic E-state index is 0.358. The predicted octanol–water partition coefficient (Wildman–Crippen LogP) is 1.95. The predicted molar refractivity (Wildman–Crippen MR) is 66.7 cm³/mol. The molecule has 2 rings (SSSR count). The number of nitrogens with two attached hydrogens (primary N) is 1. The Hall–Kier alpha value is -1.48. The standard InChI is InChI=1S/C13H18N2O/c1-3-9-4-5-11(16)12-10(6-7-14)8-15(2)13(9)12/h4-5,8,16H,3,6-7,14H2,1-2H3. The van der Waals surface area contributed by atoms with Crippen molar-refractivity contribution in [3.05, 3.63) is 29.5 Å². The van der Waals surface area contributed by atoms with Gasteiger partial charge in [0.15, 0.2) is 0 Å². The first-order valence-corrected chi connectivity index (χ1v) is 5.67. The Labute approximate surface area is 95.5 Å². The number of phenols is 1. The lowest BCUT2D eigenvalue weighted by molar-refractivity contribution is 0.481. The molecule has 0 atom stereocenters. The summed E-state index contributed by atoms with van der Waals surface area (Å²) in [4.78, 5) is 0. The molecule has 0 radical (unpaired) electrons. The summed E-state index contributed by atoms with van der Waals surface area (Å²) in [6, 6.07) is 3.77. The molecule has 3 N–H and O–H groups in total. The summed E-state index contributed by atoms with van der Waals surface area (Å²) in [6.07, 6.45) is 3.84. The zero-order valence-electron chi connectivity index (χ0n) is 9.83. The van der Waals surface area contributed by atoms with Gasteiger partial charge in [0.1, 0.15) is 5.75 Å². The van der Waals surface area contributed by atoms with Gasteiger partial charge in [-0.15, -0.1) is 0 Å². The summed E-state index contributed by atoms with van der Waals surface area (Å²) in [5, 5.41) is 10.9. The molecule has 2 aromatic rings. The van der Waals surface area contributed by atoms with Crippen molar-refractivity contribution in [3.8, 4) is 5.75 Å². The van der Waals surface area contributed by atoms with Crippen LogP contribution in [0.2, 0.25) is 0 Å². The summed E-state index contributed by atoms with van der Waals surface area (Å²) in [7, 11) is 2.01. The lowest BCUT2D eigenvalue weighted by atomic mass is 10.0. The molecule has 86 valence electrons. The molecule has 3 heteroatoms. The maximum absolute atomic E-state index is 9.96. The number of benzene rings is 1. The third-order valence-corrected chi connectivity index (χ3v) is 3.06. The molecule has 0 aliphatic carbocycles. The van der Waals surface area contributed by atoms with Crippen molar-refractivity contribution in [2.45, 2.75) is 19.8 Å². The smallest absolute Gasteiger partial charge is 0.125 e. The molecule has 1 aromatic heterocycles. The van der Waals surface area contributed by atoms with Crippen molar-refractivity contribution in [1.82, 2.24) is 4.57 Å². The van der Waals surface area contributed by atoms with Crippen LogP contribution < -0.4 is 5.73 Å². The number of aryl methyl sites for hydroxylation is 2. The van der Waals surface area contributed by atoms with Crippen LogP contribution >= 0.6 is 0 Å². The maximum Gasteiger partial charge on any atom is 0.125 e. The summed E-state index contributed by atoms with van der Waals surface area (Å²) in [5.74, 6) is 0.358. The average Bonchev–Trinajstić information content (AvgIpc) is 2.59. The van der Waals surface area contributed by atoms with E-state index in [-0.39, 0.29) is 0 Å². The van der Waals surface area contributed by atoms with Gasteiger partial charge in [-0.3, -0.25) is 0 Å². The highest BCUT2D eigenvalue weighted by molar-refractivity contribution is 5.92. The lowest BCUT2D eigenvalue weighted by Gasteiger charge is -2.05. The molecule has 0 bridgehead atoms. The fourth-order valence-corrected chi connectivity index (χ4v) is 2.34. The average molecular weight is 218 g/mol. The number of aromatic nitrogens is 1. The van der Waals surface area contributed by atoms with Crippen molar-refractivity contribution < 1.29 is 5.11 Å². The van der Waals surface area contributed by atoms with Gasteiger partial charge in [0, 0.05) is 18.6 Å². The van der Waals surface area contributed by atoms with Crippen molar-refractivity contribution in [1.29, 1.82) is 0 Å². The Morgan fingerprint density at radius 3 is 2.69 bits per heavy atom. The summed E-state index contributed by atoms with van der Waals surface area (Å²) >= 11 is 0. The monoisotopic (exact) mass is 218 g/mol. The molecular formula is C13H18N2O. The SMILES string of the molecule is CCc1ccc(O)c2c(CCN)cn(C)c12. The zero-order valence-corrected chi connectivity index (χ0v) is 9.83. The molecule has 3 nitrogen and oxygen atoms in total. The number of rotatable bonds is 3. The number of hydrogen-bond donors (Lipinski definition) is 2. The van der Waals surface area contributed by atoms with Crippen LogP contribution in [-0.2, 0) is 19.9 Å². The van der Waals surface area contributed by atoms with Gasteiger partial charge in [-0.1, -0.05) is 13.0 Å². The largest absolute Gasteiger partial charge is 0.507 e. The fourth-order valence-electron chi connectivity index (χ4n) is 2.34. The van der Waals surface area contributed by atoms with Gasteiger partial charge in [0.2, 0.25) is 0 Å².